The maximum atomic E-state index is 12.8. The number of fused-ring (bicyclic) bond motifs is 1. The lowest BCUT2D eigenvalue weighted by Crippen LogP contribution is -2.18. The Morgan fingerprint density at radius 2 is 1.93 bits per heavy atom. The van der Waals surface area contributed by atoms with Crippen LogP contribution in [-0.2, 0) is 11.2 Å². The van der Waals surface area contributed by atoms with Crippen LogP contribution in [0.2, 0.25) is 5.02 Å². The molecule has 0 saturated heterocycles. The predicted molar refractivity (Wildman–Crippen MR) is 111 cm³/mol. The number of halogens is 1. The van der Waals surface area contributed by atoms with Crippen LogP contribution in [0.15, 0.2) is 24.3 Å². The van der Waals surface area contributed by atoms with E-state index in [9.17, 15) is 9.59 Å². The fourth-order valence-electron chi connectivity index (χ4n) is 4.01. The molecule has 0 spiro atoms. The molecule has 1 atom stereocenters. The molecule has 1 heterocycles. The van der Waals surface area contributed by atoms with E-state index in [1.807, 2.05) is 31.2 Å². The van der Waals surface area contributed by atoms with E-state index in [4.69, 9.17) is 16.3 Å². The molecule has 150 valence electrons. The van der Waals surface area contributed by atoms with Crippen LogP contribution in [0.5, 0.6) is 0 Å². The van der Waals surface area contributed by atoms with E-state index < -0.39 is 0 Å². The van der Waals surface area contributed by atoms with Crippen LogP contribution < -0.4 is 0 Å². The first-order chi connectivity index (χ1) is 13.5. The van der Waals surface area contributed by atoms with Gasteiger partial charge in [-0.05, 0) is 42.9 Å². The summed E-state index contributed by atoms with van der Waals surface area (Å²) in [5.41, 5.74) is 3.55. The molecule has 1 aliphatic rings. The van der Waals surface area contributed by atoms with E-state index in [-0.39, 0.29) is 17.7 Å². The van der Waals surface area contributed by atoms with Crippen molar-refractivity contribution < 1.29 is 14.3 Å². The molecule has 28 heavy (non-hydrogen) atoms. The molecule has 0 aliphatic heterocycles. The standard InChI is InChI=1S/C23H28ClNO3/c1-3-4-5-6-9-12-28-23(27)22-15(2)21-19(25-22)13-16(14-20(21)26)17-10-7-8-11-18(17)24/h7-8,10-11,16,25H,3-6,9,12-14H2,1-2H3/t16-/m1/s1. The van der Waals surface area contributed by atoms with Gasteiger partial charge in [-0.25, -0.2) is 4.79 Å². The van der Waals surface area contributed by atoms with E-state index in [2.05, 4.69) is 11.9 Å². The molecule has 1 aromatic heterocycles. The van der Waals surface area contributed by atoms with Gasteiger partial charge in [-0.15, -0.1) is 0 Å². The molecule has 0 unspecified atom stereocenters. The van der Waals surface area contributed by atoms with Gasteiger partial charge in [-0.1, -0.05) is 62.4 Å². The topological polar surface area (TPSA) is 59.2 Å². The lowest BCUT2D eigenvalue weighted by atomic mass is 9.81. The number of carbonyl (C=O) groups excluding carboxylic acids is 2. The second kappa shape index (κ2) is 9.42. The van der Waals surface area contributed by atoms with Crippen molar-refractivity contribution >= 4 is 23.4 Å². The predicted octanol–water partition coefficient (Wildman–Crippen LogP) is 6.02. The Hall–Kier alpha value is -2.07. The highest BCUT2D eigenvalue weighted by Gasteiger charge is 2.32. The first kappa shape index (κ1) is 20.7. The Morgan fingerprint density at radius 1 is 1.18 bits per heavy atom. The number of Topliss-reactive ketones (excluding diaryl/α,β-unsaturated/α-hetero) is 1. The van der Waals surface area contributed by atoms with Gasteiger partial charge in [0.1, 0.15) is 5.69 Å². The summed E-state index contributed by atoms with van der Waals surface area (Å²) in [4.78, 5) is 28.5. The number of hydrogen-bond acceptors (Lipinski definition) is 3. The molecule has 0 saturated carbocycles. The molecule has 1 N–H and O–H groups in total. The number of unbranched alkanes of at least 4 members (excludes halogenated alkanes) is 4. The highest BCUT2D eigenvalue weighted by atomic mass is 35.5. The van der Waals surface area contributed by atoms with Gasteiger partial charge in [0.25, 0.3) is 0 Å². The molecule has 1 aromatic carbocycles. The van der Waals surface area contributed by atoms with Crippen molar-refractivity contribution in [1.82, 2.24) is 4.98 Å². The fourth-order valence-corrected chi connectivity index (χ4v) is 4.30. The van der Waals surface area contributed by atoms with Gasteiger partial charge in [0, 0.05) is 22.7 Å². The maximum absolute atomic E-state index is 12.8. The zero-order valence-corrected chi connectivity index (χ0v) is 17.4. The molecule has 0 radical (unpaired) electrons. The maximum Gasteiger partial charge on any atom is 0.355 e. The lowest BCUT2D eigenvalue weighted by molar-refractivity contribution is 0.0490. The average Bonchev–Trinajstić information content (AvgIpc) is 3.02. The van der Waals surface area contributed by atoms with E-state index in [1.165, 1.54) is 19.3 Å². The van der Waals surface area contributed by atoms with Crippen molar-refractivity contribution in [3.05, 3.63) is 57.4 Å². The molecule has 0 amide bonds. The van der Waals surface area contributed by atoms with Gasteiger partial charge in [-0.2, -0.15) is 0 Å². The molecule has 3 rings (SSSR count). The molecule has 4 nitrogen and oxygen atoms in total. The number of rotatable bonds is 8. The molecule has 1 aliphatic carbocycles. The van der Waals surface area contributed by atoms with Gasteiger partial charge in [0.15, 0.2) is 5.78 Å². The monoisotopic (exact) mass is 401 g/mol. The summed E-state index contributed by atoms with van der Waals surface area (Å²) in [6.07, 6.45) is 6.58. The average molecular weight is 402 g/mol. The van der Waals surface area contributed by atoms with E-state index in [1.54, 1.807) is 0 Å². The Bertz CT molecular complexity index is 856. The molecule has 0 fully saturated rings. The number of aromatic amines is 1. The highest BCUT2D eigenvalue weighted by molar-refractivity contribution is 6.31. The first-order valence-electron chi connectivity index (χ1n) is 10.2. The Morgan fingerprint density at radius 3 is 2.68 bits per heavy atom. The van der Waals surface area contributed by atoms with Crippen molar-refractivity contribution in [2.45, 2.75) is 64.7 Å². The first-order valence-corrected chi connectivity index (χ1v) is 10.6. The van der Waals surface area contributed by atoms with E-state index in [0.717, 1.165) is 24.1 Å². The SMILES string of the molecule is CCCCCCCOC(=O)c1[nH]c2c(c1C)C(=O)C[C@H](c1ccccc1Cl)C2. The van der Waals surface area contributed by atoms with Crippen LogP contribution in [-0.4, -0.2) is 23.3 Å². The van der Waals surface area contributed by atoms with Crippen LogP contribution in [0.25, 0.3) is 0 Å². The summed E-state index contributed by atoms with van der Waals surface area (Å²) in [5, 5.41) is 0.676. The highest BCUT2D eigenvalue weighted by Crippen LogP contribution is 2.37. The summed E-state index contributed by atoms with van der Waals surface area (Å²) in [6.45, 7) is 4.41. The summed E-state index contributed by atoms with van der Waals surface area (Å²) < 4.78 is 5.43. The number of carbonyl (C=O) groups is 2. The van der Waals surface area contributed by atoms with Crippen LogP contribution in [0.3, 0.4) is 0 Å². The number of ether oxygens (including phenoxy) is 1. The summed E-state index contributed by atoms with van der Waals surface area (Å²) >= 11 is 6.33. The fraction of sp³-hybridized carbons (Fsp3) is 0.478. The van der Waals surface area contributed by atoms with Crippen LogP contribution >= 0.6 is 11.6 Å². The van der Waals surface area contributed by atoms with Crippen LogP contribution in [0.1, 0.15) is 89.0 Å². The Labute approximate surface area is 171 Å². The second-order valence-corrected chi connectivity index (χ2v) is 7.99. The zero-order valence-electron chi connectivity index (χ0n) is 16.6. The number of nitrogens with one attached hydrogen (secondary N) is 1. The molecular weight excluding hydrogens is 374 g/mol. The third-order valence-corrected chi connectivity index (χ3v) is 5.86. The normalized spacial score (nSPS) is 16.1. The summed E-state index contributed by atoms with van der Waals surface area (Å²) in [7, 11) is 0. The van der Waals surface area contributed by atoms with Gasteiger partial charge < -0.3 is 9.72 Å². The van der Waals surface area contributed by atoms with Crippen molar-refractivity contribution in [2.24, 2.45) is 0 Å². The number of ketones is 1. The van der Waals surface area contributed by atoms with Gasteiger partial charge >= 0.3 is 5.97 Å². The lowest BCUT2D eigenvalue weighted by Gasteiger charge is -2.22. The van der Waals surface area contributed by atoms with Crippen molar-refractivity contribution in [2.75, 3.05) is 6.61 Å². The number of hydrogen-bond donors (Lipinski definition) is 1. The molecule has 0 bridgehead atoms. The van der Waals surface area contributed by atoms with Gasteiger partial charge in [0.05, 0.1) is 6.61 Å². The summed E-state index contributed by atoms with van der Waals surface area (Å²) in [6, 6.07) is 7.64. The minimum absolute atomic E-state index is 0.0224. The third kappa shape index (κ3) is 4.49. The van der Waals surface area contributed by atoms with E-state index >= 15 is 0 Å². The van der Waals surface area contributed by atoms with Crippen LogP contribution in [0, 0.1) is 6.92 Å². The smallest absolute Gasteiger partial charge is 0.355 e. The number of esters is 1. The van der Waals surface area contributed by atoms with Crippen LogP contribution in [0.4, 0.5) is 0 Å². The Kier molecular flexibility index (Phi) is 6.95. The molecular formula is C23H28ClNO3. The van der Waals surface area contributed by atoms with Gasteiger partial charge in [-0.3, -0.25) is 4.79 Å². The third-order valence-electron chi connectivity index (χ3n) is 5.52. The number of benzene rings is 1. The largest absolute Gasteiger partial charge is 0.461 e. The number of H-pyrrole nitrogens is 1. The quantitative estimate of drug-likeness (QED) is 0.434. The minimum atomic E-state index is -0.371. The molecule has 5 heteroatoms. The van der Waals surface area contributed by atoms with Crippen molar-refractivity contribution in [1.29, 1.82) is 0 Å². The zero-order chi connectivity index (χ0) is 20.1. The van der Waals surface area contributed by atoms with Crippen molar-refractivity contribution in [3.8, 4) is 0 Å². The molecule has 2 aromatic rings. The van der Waals surface area contributed by atoms with E-state index in [0.29, 0.717) is 41.3 Å². The minimum Gasteiger partial charge on any atom is -0.461 e. The number of aromatic nitrogens is 1. The van der Waals surface area contributed by atoms with Gasteiger partial charge in [0.2, 0.25) is 0 Å². The van der Waals surface area contributed by atoms with Crippen molar-refractivity contribution in [3.63, 3.8) is 0 Å². The Balaban J connectivity index is 1.69. The second-order valence-electron chi connectivity index (χ2n) is 7.58. The summed E-state index contributed by atoms with van der Waals surface area (Å²) in [5.74, 6) is -0.294.